The van der Waals surface area contributed by atoms with Crippen LogP contribution >= 0.6 is 0 Å². The Balaban J connectivity index is 1.68. The van der Waals surface area contributed by atoms with Gasteiger partial charge in [-0.2, -0.15) is 0 Å². The Kier molecular flexibility index (Phi) is 4.29. The molecular formula is C18H18FN3O2. The summed E-state index contributed by atoms with van der Waals surface area (Å²) >= 11 is 0. The Morgan fingerprint density at radius 3 is 2.21 bits per heavy atom. The fraction of sp³-hybridized carbons (Fsp3) is 0.278. The quantitative estimate of drug-likeness (QED) is 0.939. The summed E-state index contributed by atoms with van der Waals surface area (Å²) in [5.74, 6) is -0.710. The minimum atomic E-state index is -1.49. The second kappa shape index (κ2) is 6.39. The van der Waals surface area contributed by atoms with E-state index in [-0.39, 0.29) is 18.7 Å². The number of alkyl halides is 1. The first kappa shape index (κ1) is 16.1. The number of carbonyl (C=O) groups is 2. The highest BCUT2D eigenvalue weighted by Gasteiger charge is 2.38. The van der Waals surface area contributed by atoms with Gasteiger partial charge in [0, 0.05) is 43.3 Å². The third kappa shape index (κ3) is 3.13. The van der Waals surface area contributed by atoms with Crippen LogP contribution in [-0.4, -0.2) is 34.8 Å². The number of carbonyl (C=O) groups excluding carboxylic acids is 2. The lowest BCUT2D eigenvalue weighted by Crippen LogP contribution is -2.43. The predicted octanol–water partition coefficient (Wildman–Crippen LogP) is 2.28. The number of hydrogen-bond acceptors (Lipinski definition) is 3. The molecule has 0 spiro atoms. The average Bonchev–Trinajstić information content (AvgIpc) is 2.62. The maximum atomic E-state index is 15.0. The first-order valence-electron chi connectivity index (χ1n) is 7.79. The molecule has 0 radical (unpaired) electrons. The number of benzene rings is 1. The van der Waals surface area contributed by atoms with Gasteiger partial charge in [-0.1, -0.05) is 6.07 Å². The van der Waals surface area contributed by atoms with Crippen LogP contribution in [0.2, 0.25) is 0 Å². The third-order valence-corrected chi connectivity index (χ3v) is 4.38. The van der Waals surface area contributed by atoms with Crippen LogP contribution in [0.5, 0.6) is 0 Å². The van der Waals surface area contributed by atoms with E-state index in [0.717, 1.165) is 0 Å². The second-order valence-corrected chi connectivity index (χ2v) is 5.91. The van der Waals surface area contributed by atoms with Gasteiger partial charge < -0.3 is 10.6 Å². The number of likely N-dealkylation sites (tertiary alicyclic amines) is 1. The van der Waals surface area contributed by atoms with E-state index in [1.165, 1.54) is 12.1 Å². The van der Waals surface area contributed by atoms with Crippen LogP contribution in [0.1, 0.15) is 39.3 Å². The molecule has 1 aliphatic rings. The van der Waals surface area contributed by atoms with E-state index < -0.39 is 11.6 Å². The van der Waals surface area contributed by atoms with Crippen LogP contribution < -0.4 is 5.73 Å². The molecule has 2 heterocycles. The number of hydrogen-bond donors (Lipinski definition) is 1. The molecule has 0 saturated carbocycles. The van der Waals surface area contributed by atoms with Crippen molar-refractivity contribution in [2.24, 2.45) is 5.73 Å². The van der Waals surface area contributed by atoms with Crippen molar-refractivity contribution in [1.82, 2.24) is 9.88 Å². The molecule has 1 aromatic heterocycles. The van der Waals surface area contributed by atoms with Crippen LogP contribution in [-0.2, 0) is 5.67 Å². The van der Waals surface area contributed by atoms with E-state index in [4.69, 9.17) is 5.73 Å². The number of aromatic nitrogens is 1. The topological polar surface area (TPSA) is 76.3 Å². The molecule has 1 fully saturated rings. The summed E-state index contributed by atoms with van der Waals surface area (Å²) in [7, 11) is 0. The molecule has 2 N–H and O–H groups in total. The van der Waals surface area contributed by atoms with Crippen molar-refractivity contribution in [3.05, 3.63) is 65.5 Å². The highest BCUT2D eigenvalue weighted by atomic mass is 19.1. The van der Waals surface area contributed by atoms with Crippen molar-refractivity contribution in [3.63, 3.8) is 0 Å². The molecule has 1 aliphatic heterocycles. The van der Waals surface area contributed by atoms with Crippen molar-refractivity contribution in [2.75, 3.05) is 13.1 Å². The Morgan fingerprint density at radius 1 is 1.04 bits per heavy atom. The molecular weight excluding hydrogens is 309 g/mol. The van der Waals surface area contributed by atoms with E-state index >= 15 is 4.39 Å². The second-order valence-electron chi connectivity index (χ2n) is 5.91. The zero-order chi connectivity index (χ0) is 17.2. The maximum Gasteiger partial charge on any atom is 0.253 e. The Hall–Kier alpha value is -2.76. The fourth-order valence-electron chi connectivity index (χ4n) is 2.91. The van der Waals surface area contributed by atoms with E-state index in [1.807, 2.05) is 0 Å². The van der Waals surface area contributed by atoms with Gasteiger partial charge in [0.1, 0.15) is 0 Å². The number of halogens is 1. The number of amides is 2. The van der Waals surface area contributed by atoms with Crippen molar-refractivity contribution in [3.8, 4) is 0 Å². The van der Waals surface area contributed by atoms with Gasteiger partial charge >= 0.3 is 0 Å². The van der Waals surface area contributed by atoms with Crippen molar-refractivity contribution >= 4 is 11.8 Å². The molecule has 24 heavy (non-hydrogen) atoms. The summed E-state index contributed by atoms with van der Waals surface area (Å²) in [6.07, 6.45) is 2.01. The summed E-state index contributed by atoms with van der Waals surface area (Å²) in [5.41, 5.74) is 4.93. The highest BCUT2D eigenvalue weighted by molar-refractivity contribution is 5.97. The zero-order valence-corrected chi connectivity index (χ0v) is 13.1. The molecule has 5 nitrogen and oxygen atoms in total. The largest absolute Gasteiger partial charge is 0.366 e. The molecule has 2 aromatic rings. The van der Waals surface area contributed by atoms with Crippen LogP contribution in [0, 0.1) is 0 Å². The normalized spacial score (nSPS) is 16.6. The predicted molar refractivity (Wildman–Crippen MR) is 87.1 cm³/mol. The first-order chi connectivity index (χ1) is 11.5. The monoisotopic (exact) mass is 327 g/mol. The Bertz CT molecular complexity index is 739. The SMILES string of the molecule is NC(=O)c1ccc(C(=O)N2CCC(F)(c3ccccn3)CC2)cc1. The van der Waals surface area contributed by atoms with Gasteiger partial charge in [-0.15, -0.1) is 0 Å². The van der Waals surface area contributed by atoms with Crippen LogP contribution in [0.4, 0.5) is 4.39 Å². The number of primary amides is 1. The lowest BCUT2D eigenvalue weighted by molar-refractivity contribution is 0.0402. The summed E-state index contributed by atoms with van der Waals surface area (Å²) < 4.78 is 15.0. The standard InChI is InChI=1S/C18H18FN3O2/c19-18(15-3-1-2-10-21-15)8-11-22(12-9-18)17(24)14-6-4-13(5-7-14)16(20)23/h1-7,10H,8-9,11-12H2,(H2,20,23). The molecule has 124 valence electrons. The van der Waals surface area contributed by atoms with Crippen molar-refractivity contribution in [2.45, 2.75) is 18.5 Å². The van der Waals surface area contributed by atoms with E-state index in [2.05, 4.69) is 4.98 Å². The van der Waals surface area contributed by atoms with E-state index in [1.54, 1.807) is 41.4 Å². The minimum Gasteiger partial charge on any atom is -0.366 e. The fourth-order valence-corrected chi connectivity index (χ4v) is 2.91. The van der Waals surface area contributed by atoms with Crippen LogP contribution in [0.15, 0.2) is 48.7 Å². The lowest BCUT2D eigenvalue weighted by atomic mass is 9.89. The van der Waals surface area contributed by atoms with Gasteiger partial charge in [0.05, 0.1) is 5.69 Å². The Labute approximate surface area is 139 Å². The molecule has 0 unspecified atom stereocenters. The summed E-state index contributed by atoms with van der Waals surface area (Å²) in [4.78, 5) is 29.3. The van der Waals surface area contributed by atoms with Crippen LogP contribution in [0.25, 0.3) is 0 Å². The number of nitrogens with two attached hydrogens (primary N) is 1. The van der Waals surface area contributed by atoms with Gasteiger partial charge in [0.25, 0.3) is 5.91 Å². The van der Waals surface area contributed by atoms with Gasteiger partial charge in [0.15, 0.2) is 5.67 Å². The van der Waals surface area contributed by atoms with Gasteiger partial charge in [-0.25, -0.2) is 4.39 Å². The maximum absolute atomic E-state index is 15.0. The number of rotatable bonds is 3. The molecule has 6 heteroatoms. The Morgan fingerprint density at radius 2 is 1.67 bits per heavy atom. The first-order valence-corrected chi connectivity index (χ1v) is 7.79. The summed E-state index contributed by atoms with van der Waals surface area (Å²) in [6, 6.07) is 11.4. The highest BCUT2D eigenvalue weighted by Crippen LogP contribution is 2.36. The molecule has 0 atom stereocenters. The zero-order valence-electron chi connectivity index (χ0n) is 13.1. The molecule has 1 aromatic carbocycles. The number of nitrogens with zero attached hydrogens (tertiary/aromatic N) is 2. The lowest BCUT2D eigenvalue weighted by Gasteiger charge is -2.36. The summed E-state index contributed by atoms with van der Waals surface area (Å²) in [5, 5.41) is 0. The van der Waals surface area contributed by atoms with Crippen molar-refractivity contribution in [1.29, 1.82) is 0 Å². The van der Waals surface area contributed by atoms with E-state index in [0.29, 0.717) is 29.9 Å². The van der Waals surface area contributed by atoms with Gasteiger partial charge in [0.2, 0.25) is 5.91 Å². The average molecular weight is 327 g/mol. The summed E-state index contributed by atoms with van der Waals surface area (Å²) in [6.45, 7) is 0.646. The number of piperidine rings is 1. The molecule has 0 aliphatic carbocycles. The minimum absolute atomic E-state index is 0.172. The smallest absolute Gasteiger partial charge is 0.253 e. The van der Waals surface area contributed by atoms with Gasteiger partial charge in [-0.05, 0) is 36.4 Å². The molecule has 3 rings (SSSR count). The van der Waals surface area contributed by atoms with Gasteiger partial charge in [-0.3, -0.25) is 14.6 Å². The number of pyridine rings is 1. The van der Waals surface area contributed by atoms with Crippen LogP contribution in [0.3, 0.4) is 0 Å². The molecule has 1 saturated heterocycles. The molecule has 2 amide bonds. The van der Waals surface area contributed by atoms with E-state index in [9.17, 15) is 9.59 Å². The van der Waals surface area contributed by atoms with Crippen molar-refractivity contribution < 1.29 is 14.0 Å². The third-order valence-electron chi connectivity index (χ3n) is 4.38. The molecule has 0 bridgehead atoms.